The summed E-state index contributed by atoms with van der Waals surface area (Å²) in [7, 11) is 0. The number of nitrogens with zero attached hydrogens (tertiary/aromatic N) is 1. The second-order valence-electron chi connectivity index (χ2n) is 7.14. The summed E-state index contributed by atoms with van der Waals surface area (Å²) in [4.78, 5) is 25.4. The summed E-state index contributed by atoms with van der Waals surface area (Å²) < 4.78 is 0. The Kier molecular flexibility index (Phi) is 3.88. The third kappa shape index (κ3) is 3.10. The first-order chi connectivity index (χ1) is 8.80. The molecule has 3 unspecified atom stereocenters. The zero-order valence-corrected chi connectivity index (χ0v) is 12.2. The minimum atomic E-state index is -0.853. The average Bonchev–Trinajstić information content (AvgIpc) is 2.73. The average molecular weight is 267 g/mol. The van der Waals surface area contributed by atoms with E-state index in [2.05, 4.69) is 20.8 Å². The molecule has 0 radical (unpaired) electrons. The SMILES string of the molecule is CC1CC(C(=O)N2CCCC2C(=O)O)CC(C)(C)C1. The molecule has 4 heteroatoms. The second kappa shape index (κ2) is 5.14. The van der Waals surface area contributed by atoms with Crippen molar-refractivity contribution in [2.75, 3.05) is 6.54 Å². The maximum absolute atomic E-state index is 12.6. The van der Waals surface area contributed by atoms with E-state index in [0.29, 0.717) is 18.9 Å². The summed E-state index contributed by atoms with van der Waals surface area (Å²) >= 11 is 0. The van der Waals surface area contributed by atoms with E-state index < -0.39 is 12.0 Å². The van der Waals surface area contributed by atoms with Gasteiger partial charge in [0.1, 0.15) is 6.04 Å². The van der Waals surface area contributed by atoms with Gasteiger partial charge in [-0.15, -0.1) is 0 Å². The summed E-state index contributed by atoms with van der Waals surface area (Å²) in [6.45, 7) is 7.23. The van der Waals surface area contributed by atoms with Crippen LogP contribution in [0.25, 0.3) is 0 Å². The summed E-state index contributed by atoms with van der Waals surface area (Å²) in [5, 5.41) is 9.19. The number of carboxylic acid groups (broad SMARTS) is 1. The predicted molar refractivity (Wildman–Crippen MR) is 72.7 cm³/mol. The number of hydrogen-bond acceptors (Lipinski definition) is 2. The number of carbonyl (C=O) groups excluding carboxylic acids is 1. The van der Waals surface area contributed by atoms with Crippen LogP contribution in [0.4, 0.5) is 0 Å². The van der Waals surface area contributed by atoms with Gasteiger partial charge in [-0.3, -0.25) is 4.79 Å². The van der Waals surface area contributed by atoms with Gasteiger partial charge in [0.2, 0.25) is 5.91 Å². The fourth-order valence-corrected chi connectivity index (χ4v) is 4.06. The molecule has 0 spiro atoms. The van der Waals surface area contributed by atoms with Crippen LogP contribution in [0.3, 0.4) is 0 Å². The monoisotopic (exact) mass is 267 g/mol. The number of aliphatic carboxylic acids is 1. The first-order valence-electron chi connectivity index (χ1n) is 7.33. The largest absolute Gasteiger partial charge is 0.480 e. The molecule has 1 heterocycles. The van der Waals surface area contributed by atoms with Crippen molar-refractivity contribution in [2.24, 2.45) is 17.3 Å². The highest BCUT2D eigenvalue weighted by Crippen LogP contribution is 2.42. The molecule has 4 nitrogen and oxygen atoms in total. The number of rotatable bonds is 2. The van der Waals surface area contributed by atoms with Crippen LogP contribution < -0.4 is 0 Å². The Labute approximate surface area is 115 Å². The lowest BCUT2D eigenvalue weighted by molar-refractivity contribution is -0.151. The lowest BCUT2D eigenvalue weighted by atomic mass is 9.67. The van der Waals surface area contributed by atoms with Gasteiger partial charge in [0.05, 0.1) is 0 Å². The van der Waals surface area contributed by atoms with Crippen LogP contribution in [-0.2, 0) is 9.59 Å². The molecule has 2 aliphatic rings. The molecule has 3 atom stereocenters. The lowest BCUT2D eigenvalue weighted by Gasteiger charge is -2.40. The molecule has 2 rings (SSSR count). The summed E-state index contributed by atoms with van der Waals surface area (Å²) in [5.74, 6) is -0.222. The van der Waals surface area contributed by atoms with Gasteiger partial charge in [-0.1, -0.05) is 20.8 Å². The fourth-order valence-electron chi connectivity index (χ4n) is 4.06. The van der Waals surface area contributed by atoms with E-state index in [1.807, 2.05) is 0 Å². The van der Waals surface area contributed by atoms with Gasteiger partial charge in [-0.05, 0) is 43.4 Å². The van der Waals surface area contributed by atoms with E-state index in [-0.39, 0.29) is 17.2 Å². The zero-order valence-electron chi connectivity index (χ0n) is 12.2. The van der Waals surface area contributed by atoms with Crippen molar-refractivity contribution in [1.29, 1.82) is 0 Å². The Balaban J connectivity index is 2.08. The van der Waals surface area contributed by atoms with Crippen molar-refractivity contribution in [3.63, 3.8) is 0 Å². The third-order valence-corrected chi connectivity index (χ3v) is 4.56. The van der Waals surface area contributed by atoms with Gasteiger partial charge in [-0.2, -0.15) is 0 Å². The van der Waals surface area contributed by atoms with Crippen LogP contribution in [0.5, 0.6) is 0 Å². The number of carboxylic acids is 1. The van der Waals surface area contributed by atoms with Crippen molar-refractivity contribution in [3.8, 4) is 0 Å². The summed E-state index contributed by atoms with van der Waals surface area (Å²) in [6.07, 6.45) is 4.37. The van der Waals surface area contributed by atoms with E-state index in [9.17, 15) is 14.7 Å². The Morgan fingerprint density at radius 1 is 1.26 bits per heavy atom. The van der Waals surface area contributed by atoms with E-state index >= 15 is 0 Å². The Morgan fingerprint density at radius 3 is 2.53 bits per heavy atom. The first kappa shape index (κ1) is 14.4. The lowest BCUT2D eigenvalue weighted by Crippen LogP contribution is -2.46. The van der Waals surface area contributed by atoms with Crippen molar-refractivity contribution in [1.82, 2.24) is 4.90 Å². The Hall–Kier alpha value is -1.06. The first-order valence-corrected chi connectivity index (χ1v) is 7.33. The minimum absolute atomic E-state index is 0.0127. The molecule has 0 bridgehead atoms. The third-order valence-electron chi connectivity index (χ3n) is 4.56. The minimum Gasteiger partial charge on any atom is -0.480 e. The molecule has 0 aromatic heterocycles. The number of amides is 1. The van der Waals surface area contributed by atoms with Gasteiger partial charge >= 0.3 is 5.97 Å². The Morgan fingerprint density at radius 2 is 1.95 bits per heavy atom. The molecule has 0 aromatic rings. The van der Waals surface area contributed by atoms with Crippen LogP contribution >= 0.6 is 0 Å². The smallest absolute Gasteiger partial charge is 0.326 e. The highest BCUT2D eigenvalue weighted by atomic mass is 16.4. The molecule has 2 fully saturated rings. The Bertz CT molecular complexity index is 378. The number of carbonyl (C=O) groups is 2. The van der Waals surface area contributed by atoms with Crippen LogP contribution in [0.15, 0.2) is 0 Å². The molecule has 0 aromatic carbocycles. The molecular weight excluding hydrogens is 242 g/mol. The predicted octanol–water partition coefficient (Wildman–Crippen LogP) is 2.52. The van der Waals surface area contributed by atoms with Crippen molar-refractivity contribution in [2.45, 2.75) is 58.9 Å². The van der Waals surface area contributed by atoms with E-state index in [1.54, 1.807) is 4.90 Å². The molecule has 1 aliphatic heterocycles. The van der Waals surface area contributed by atoms with Crippen LogP contribution in [0.2, 0.25) is 0 Å². The van der Waals surface area contributed by atoms with Gasteiger partial charge in [0.15, 0.2) is 0 Å². The quantitative estimate of drug-likeness (QED) is 0.836. The van der Waals surface area contributed by atoms with Crippen LogP contribution in [0, 0.1) is 17.3 Å². The standard InChI is InChI=1S/C15H25NO3/c1-10-7-11(9-15(2,3)8-10)13(17)16-6-4-5-12(16)14(18)19/h10-12H,4-9H2,1-3H3,(H,18,19). The summed E-state index contributed by atoms with van der Waals surface area (Å²) in [5.41, 5.74) is 0.191. The molecular formula is C15H25NO3. The van der Waals surface area contributed by atoms with E-state index in [4.69, 9.17) is 0 Å². The molecule has 1 aliphatic carbocycles. The molecule has 1 amide bonds. The second-order valence-corrected chi connectivity index (χ2v) is 7.14. The van der Waals surface area contributed by atoms with Gasteiger partial charge in [0.25, 0.3) is 0 Å². The van der Waals surface area contributed by atoms with E-state index in [1.165, 1.54) is 0 Å². The van der Waals surface area contributed by atoms with Gasteiger partial charge < -0.3 is 10.0 Å². The highest BCUT2D eigenvalue weighted by molar-refractivity contribution is 5.85. The van der Waals surface area contributed by atoms with E-state index in [0.717, 1.165) is 25.7 Å². The molecule has 19 heavy (non-hydrogen) atoms. The number of hydrogen-bond donors (Lipinski definition) is 1. The van der Waals surface area contributed by atoms with Gasteiger partial charge in [0, 0.05) is 12.5 Å². The number of likely N-dealkylation sites (tertiary alicyclic amines) is 1. The van der Waals surface area contributed by atoms with Crippen LogP contribution in [-0.4, -0.2) is 34.5 Å². The maximum Gasteiger partial charge on any atom is 0.326 e. The maximum atomic E-state index is 12.6. The summed E-state index contributed by atoms with van der Waals surface area (Å²) in [6, 6.07) is -0.590. The van der Waals surface area contributed by atoms with Crippen molar-refractivity contribution < 1.29 is 14.7 Å². The fraction of sp³-hybridized carbons (Fsp3) is 0.867. The molecule has 108 valence electrons. The van der Waals surface area contributed by atoms with Crippen molar-refractivity contribution in [3.05, 3.63) is 0 Å². The molecule has 1 N–H and O–H groups in total. The normalized spacial score (nSPS) is 34.3. The zero-order chi connectivity index (χ0) is 14.2. The van der Waals surface area contributed by atoms with Crippen LogP contribution in [0.1, 0.15) is 52.9 Å². The topological polar surface area (TPSA) is 57.6 Å². The highest BCUT2D eigenvalue weighted by Gasteiger charge is 2.41. The molecule has 1 saturated carbocycles. The van der Waals surface area contributed by atoms with Crippen molar-refractivity contribution >= 4 is 11.9 Å². The molecule has 1 saturated heterocycles. The van der Waals surface area contributed by atoms with Gasteiger partial charge in [-0.25, -0.2) is 4.79 Å².